The van der Waals surface area contributed by atoms with Gasteiger partial charge in [0.1, 0.15) is 11.4 Å². The molecule has 0 saturated heterocycles. The van der Waals surface area contributed by atoms with Crippen molar-refractivity contribution in [3.8, 4) is 0 Å². The molecule has 0 saturated carbocycles. The highest BCUT2D eigenvalue weighted by molar-refractivity contribution is 7.91. The first-order valence-corrected chi connectivity index (χ1v) is 18.2. The second-order valence-electron chi connectivity index (χ2n) is 10.1. The number of rotatable bonds is 12. The van der Waals surface area contributed by atoms with Crippen molar-refractivity contribution >= 4 is 89.2 Å². The number of carbonyl (C=O) groups excluding carboxylic acids is 4. The molecule has 0 bridgehead atoms. The van der Waals surface area contributed by atoms with Crippen molar-refractivity contribution in [3.63, 3.8) is 0 Å². The van der Waals surface area contributed by atoms with Crippen molar-refractivity contribution in [2.24, 2.45) is 11.8 Å². The van der Waals surface area contributed by atoms with E-state index in [0.717, 1.165) is 18.8 Å². The van der Waals surface area contributed by atoms with Crippen molar-refractivity contribution in [3.05, 3.63) is 67.3 Å². The molecule has 0 aliphatic carbocycles. The average molecular weight is 731 g/mol. The maximum Gasteiger partial charge on any atom is 0.201 e. The van der Waals surface area contributed by atoms with Gasteiger partial charge < -0.3 is 4.74 Å². The number of halogens is 4. The molecular weight excluding hydrogens is 698 g/mol. The van der Waals surface area contributed by atoms with E-state index in [2.05, 4.69) is 0 Å². The van der Waals surface area contributed by atoms with Crippen LogP contribution in [0.2, 0.25) is 20.1 Å². The maximum atomic E-state index is 12.7. The highest BCUT2D eigenvalue weighted by Gasteiger charge is 2.27. The molecule has 0 fully saturated rings. The predicted octanol–water partition coefficient (Wildman–Crippen LogP) is 6.92. The van der Waals surface area contributed by atoms with E-state index in [1.807, 2.05) is 0 Å². The molecule has 0 aliphatic rings. The normalized spacial score (nSPS) is 12.1. The van der Waals surface area contributed by atoms with E-state index in [4.69, 9.17) is 51.1 Å². The number of allylic oxidation sites excluding steroid dienone is 1. The van der Waals surface area contributed by atoms with Crippen LogP contribution in [0.4, 0.5) is 0 Å². The van der Waals surface area contributed by atoms with Gasteiger partial charge in [0.15, 0.2) is 31.2 Å². The van der Waals surface area contributed by atoms with Gasteiger partial charge in [-0.3, -0.25) is 19.2 Å². The molecular formula is C29H32Cl4O9S2. The van der Waals surface area contributed by atoms with Crippen LogP contribution in [-0.2, 0) is 34.0 Å². The fraction of sp³-hybridized carbons (Fsp3) is 0.379. The third-order valence-electron chi connectivity index (χ3n) is 5.82. The second-order valence-corrected chi connectivity index (χ2v) is 15.6. The molecule has 0 N–H and O–H groups in total. The summed E-state index contributed by atoms with van der Waals surface area (Å²) in [5.41, 5.74) is -0.177. The molecule has 0 amide bonds. The zero-order valence-corrected chi connectivity index (χ0v) is 29.6. The number of hydrogen-bond donors (Lipinski definition) is 0. The highest BCUT2D eigenvalue weighted by atomic mass is 35.5. The number of hydrogen-bond acceptors (Lipinski definition) is 9. The molecule has 15 heteroatoms. The second kappa shape index (κ2) is 16.3. The Morgan fingerprint density at radius 3 is 1.55 bits per heavy atom. The van der Waals surface area contributed by atoms with Crippen LogP contribution < -0.4 is 0 Å². The number of ketones is 4. The molecule has 0 aromatic heterocycles. The van der Waals surface area contributed by atoms with Crippen LogP contribution in [0.3, 0.4) is 0 Å². The van der Waals surface area contributed by atoms with Crippen molar-refractivity contribution < 1.29 is 40.8 Å². The minimum Gasteiger partial charge on any atom is -0.501 e. The largest absolute Gasteiger partial charge is 0.501 e. The summed E-state index contributed by atoms with van der Waals surface area (Å²) in [7, 11) is -7.13. The molecule has 44 heavy (non-hydrogen) atoms. The summed E-state index contributed by atoms with van der Waals surface area (Å²) < 4.78 is 51.3. The molecule has 0 atom stereocenters. The first-order chi connectivity index (χ1) is 20.1. The lowest BCUT2D eigenvalue weighted by Gasteiger charge is -2.12. The fourth-order valence-electron chi connectivity index (χ4n) is 3.33. The summed E-state index contributed by atoms with van der Waals surface area (Å²) in [6.07, 6.45) is 2.79. The summed E-state index contributed by atoms with van der Waals surface area (Å²) in [6, 6.07) is 4.92. The Morgan fingerprint density at radius 2 is 1.16 bits per heavy atom. The molecule has 2 aromatic carbocycles. The first-order valence-electron chi connectivity index (χ1n) is 12.9. The van der Waals surface area contributed by atoms with Gasteiger partial charge in [0.05, 0.1) is 49.2 Å². The van der Waals surface area contributed by atoms with Crippen molar-refractivity contribution in [1.82, 2.24) is 0 Å². The summed E-state index contributed by atoms with van der Waals surface area (Å²) in [4.78, 5) is 48.1. The van der Waals surface area contributed by atoms with Crippen LogP contribution in [0.1, 0.15) is 61.8 Å². The third-order valence-corrected chi connectivity index (χ3v) is 10.1. The quantitative estimate of drug-likeness (QED) is 0.0747. The number of benzene rings is 2. The summed E-state index contributed by atoms with van der Waals surface area (Å²) >= 11 is 23.9. The van der Waals surface area contributed by atoms with Crippen LogP contribution >= 0.6 is 46.4 Å². The lowest BCUT2D eigenvalue weighted by Crippen LogP contribution is -2.19. The summed E-state index contributed by atoms with van der Waals surface area (Å²) in [5, 5.41) is -0.811. The Morgan fingerprint density at radius 1 is 0.727 bits per heavy atom. The monoisotopic (exact) mass is 728 g/mol. The van der Waals surface area contributed by atoms with Gasteiger partial charge in [-0.1, -0.05) is 74.1 Å². The van der Waals surface area contributed by atoms with E-state index in [1.165, 1.54) is 24.3 Å². The minimum absolute atomic E-state index is 0.0538. The van der Waals surface area contributed by atoms with Gasteiger partial charge in [-0.2, -0.15) is 0 Å². The van der Waals surface area contributed by atoms with Crippen molar-refractivity contribution in [2.75, 3.05) is 19.1 Å². The molecule has 0 spiro atoms. The molecule has 2 rings (SSSR count). The van der Waals surface area contributed by atoms with Crippen LogP contribution in [0.5, 0.6) is 0 Å². The third kappa shape index (κ3) is 10.4. The van der Waals surface area contributed by atoms with Crippen molar-refractivity contribution in [2.45, 2.75) is 50.8 Å². The maximum absolute atomic E-state index is 12.7. The standard InChI is InChI=1S/C16H18Cl2O5S.C13H14Cl2O4S/c1-5-23-8-11(15(19)9(2)3)16(20)10-6-7-12(24(4,21)22)14(18)13(10)17;1-7(2)9(16)6-10(17)8-4-5-11(20(3,18)19)13(15)12(8)14/h6-9H,5H2,1-4H3;4-5,7H,6H2,1-3H3. The van der Waals surface area contributed by atoms with Crippen LogP contribution in [0.25, 0.3) is 0 Å². The van der Waals surface area contributed by atoms with Crippen molar-refractivity contribution in [1.29, 1.82) is 0 Å². The van der Waals surface area contributed by atoms with Crippen LogP contribution in [-0.4, -0.2) is 59.1 Å². The topological polar surface area (TPSA) is 146 Å². The molecule has 0 heterocycles. The Hall–Kier alpha value is -2.28. The Balaban J connectivity index is 0.000000447. The van der Waals surface area contributed by atoms with Gasteiger partial charge in [0.25, 0.3) is 0 Å². The highest BCUT2D eigenvalue weighted by Crippen LogP contribution is 2.34. The van der Waals surface area contributed by atoms with E-state index >= 15 is 0 Å². The van der Waals surface area contributed by atoms with Crippen LogP contribution in [0, 0.1) is 11.8 Å². The van der Waals surface area contributed by atoms with Gasteiger partial charge >= 0.3 is 0 Å². The number of carbonyl (C=O) groups is 4. The Labute approximate surface area is 277 Å². The lowest BCUT2D eigenvalue weighted by molar-refractivity contribution is -0.121. The molecule has 9 nitrogen and oxygen atoms in total. The molecule has 0 radical (unpaired) electrons. The zero-order chi connectivity index (χ0) is 34.3. The molecule has 242 valence electrons. The smallest absolute Gasteiger partial charge is 0.201 e. The number of Topliss-reactive ketones (excluding diaryl/α,β-unsaturated/α-hetero) is 4. The zero-order valence-electron chi connectivity index (χ0n) is 25.0. The first kappa shape index (κ1) is 39.7. The van der Waals surface area contributed by atoms with Gasteiger partial charge in [-0.05, 0) is 31.2 Å². The molecule has 2 aromatic rings. The van der Waals surface area contributed by atoms with E-state index in [1.54, 1.807) is 34.6 Å². The average Bonchev–Trinajstić information content (AvgIpc) is 2.90. The Bertz CT molecular complexity index is 1710. The van der Waals surface area contributed by atoms with Crippen LogP contribution in [0.15, 0.2) is 45.9 Å². The number of sulfone groups is 2. The summed E-state index contributed by atoms with van der Waals surface area (Å²) in [5.74, 6) is -2.46. The van der Waals surface area contributed by atoms with Gasteiger partial charge in [-0.25, -0.2) is 16.8 Å². The van der Waals surface area contributed by atoms with E-state index < -0.39 is 42.9 Å². The van der Waals surface area contributed by atoms with E-state index in [0.29, 0.717) is 0 Å². The van der Waals surface area contributed by atoms with Gasteiger partial charge in [-0.15, -0.1) is 0 Å². The fourth-order valence-corrected chi connectivity index (χ4v) is 6.62. The predicted molar refractivity (Wildman–Crippen MR) is 172 cm³/mol. The minimum atomic E-state index is -3.60. The van der Waals surface area contributed by atoms with E-state index in [-0.39, 0.29) is 71.3 Å². The molecule has 0 unspecified atom stereocenters. The Kier molecular flexibility index (Phi) is 14.8. The SMILES string of the molecule is CC(C)C(=O)CC(=O)c1ccc(S(C)(=O)=O)c(Cl)c1Cl.CCOC=C(C(=O)c1ccc(S(C)(=O)=O)c(Cl)c1Cl)C(=O)C(C)C. The van der Waals surface area contributed by atoms with E-state index in [9.17, 15) is 36.0 Å². The number of ether oxygens (including phenoxy) is 1. The summed E-state index contributed by atoms with van der Waals surface area (Å²) in [6.45, 7) is 8.67. The molecule has 0 aliphatic heterocycles. The lowest BCUT2D eigenvalue weighted by atomic mass is 9.95. The van der Waals surface area contributed by atoms with Gasteiger partial charge in [0, 0.05) is 35.5 Å². The van der Waals surface area contributed by atoms with Gasteiger partial charge in [0.2, 0.25) is 5.78 Å².